The van der Waals surface area contributed by atoms with Crippen molar-refractivity contribution in [3.63, 3.8) is 0 Å². The number of anilines is 1. The number of hydrogen-bond acceptors (Lipinski definition) is 4. The van der Waals surface area contributed by atoms with Crippen molar-refractivity contribution >= 4 is 23.4 Å². The van der Waals surface area contributed by atoms with Gasteiger partial charge in [-0.1, -0.05) is 12.1 Å². The van der Waals surface area contributed by atoms with Crippen LogP contribution in [0.3, 0.4) is 0 Å². The maximum Gasteiger partial charge on any atom is 0.254 e. The number of para-hydroxylation sites is 1. The van der Waals surface area contributed by atoms with E-state index in [9.17, 15) is 9.59 Å². The van der Waals surface area contributed by atoms with E-state index >= 15 is 0 Å². The number of thioether (sulfide) groups is 1. The molecule has 0 spiro atoms. The molecule has 1 N–H and O–H groups in total. The molecular weight excluding hydrogens is 322 g/mol. The van der Waals surface area contributed by atoms with E-state index in [2.05, 4.69) is 16.9 Å². The first-order valence-electron chi connectivity index (χ1n) is 8.07. The van der Waals surface area contributed by atoms with Gasteiger partial charge in [-0.05, 0) is 39.3 Å². The number of hydrogen-bond donors (Lipinski definition) is 1. The highest BCUT2D eigenvalue weighted by Gasteiger charge is 2.28. The highest BCUT2D eigenvalue weighted by Crippen LogP contribution is 2.37. The van der Waals surface area contributed by atoms with Crippen molar-refractivity contribution in [2.45, 2.75) is 44.6 Å². The van der Waals surface area contributed by atoms with E-state index < -0.39 is 0 Å². The van der Waals surface area contributed by atoms with E-state index in [0.29, 0.717) is 29.9 Å². The molecule has 0 aliphatic carbocycles. The molecule has 0 radical (unpaired) electrons. The summed E-state index contributed by atoms with van der Waals surface area (Å²) >= 11 is 1.78. The third-order valence-electron chi connectivity index (χ3n) is 4.24. The fourth-order valence-electron chi connectivity index (χ4n) is 3.08. The van der Waals surface area contributed by atoms with E-state index in [1.165, 1.54) is 0 Å². The van der Waals surface area contributed by atoms with Crippen molar-refractivity contribution < 1.29 is 4.79 Å². The quantitative estimate of drug-likeness (QED) is 0.931. The molecule has 0 saturated heterocycles. The van der Waals surface area contributed by atoms with Gasteiger partial charge in [0.25, 0.3) is 5.56 Å². The normalized spacial score (nSPS) is 16.8. The molecule has 126 valence electrons. The molecule has 6 heteroatoms. The highest BCUT2D eigenvalue weighted by molar-refractivity contribution is 7.99. The van der Waals surface area contributed by atoms with Gasteiger partial charge in [-0.3, -0.25) is 9.59 Å². The van der Waals surface area contributed by atoms with E-state index in [-0.39, 0.29) is 17.5 Å². The molecular formula is C18H21N3O2S. The molecule has 0 unspecified atom stereocenters. The van der Waals surface area contributed by atoms with Gasteiger partial charge in [-0.2, -0.15) is 0 Å². The molecule has 1 aliphatic rings. The summed E-state index contributed by atoms with van der Waals surface area (Å²) in [6.07, 6.45) is 0.712. The summed E-state index contributed by atoms with van der Waals surface area (Å²) in [5.74, 6) is 1.53. The molecule has 1 aliphatic heterocycles. The minimum Gasteiger partial charge on any atom is -0.311 e. The van der Waals surface area contributed by atoms with Crippen LogP contribution in [-0.4, -0.2) is 27.7 Å². The van der Waals surface area contributed by atoms with Crippen molar-refractivity contribution in [2.24, 2.45) is 0 Å². The minimum atomic E-state index is -0.143. The topological polar surface area (TPSA) is 66.1 Å². The zero-order valence-electron chi connectivity index (χ0n) is 14.1. The first kappa shape index (κ1) is 16.8. The van der Waals surface area contributed by atoms with Crippen molar-refractivity contribution in [2.75, 3.05) is 10.7 Å². The lowest BCUT2D eigenvalue weighted by atomic mass is 10.1. The third kappa shape index (κ3) is 3.24. The molecule has 1 aromatic heterocycles. The van der Waals surface area contributed by atoms with Crippen LogP contribution in [0.25, 0.3) is 0 Å². The van der Waals surface area contributed by atoms with E-state index in [0.717, 1.165) is 16.3 Å². The number of H-pyrrole nitrogens is 1. The number of fused-ring (bicyclic) bond motifs is 1. The molecule has 5 nitrogen and oxygen atoms in total. The van der Waals surface area contributed by atoms with Gasteiger partial charge >= 0.3 is 0 Å². The Balaban J connectivity index is 1.80. The van der Waals surface area contributed by atoms with E-state index in [1.54, 1.807) is 18.7 Å². The van der Waals surface area contributed by atoms with Crippen LogP contribution >= 0.6 is 11.8 Å². The van der Waals surface area contributed by atoms with Crippen LogP contribution in [0, 0.1) is 13.8 Å². The van der Waals surface area contributed by atoms with Crippen LogP contribution in [0.4, 0.5) is 5.69 Å². The summed E-state index contributed by atoms with van der Waals surface area (Å²) in [4.78, 5) is 34.9. The Bertz CT molecular complexity index is 831. The second-order valence-electron chi connectivity index (χ2n) is 6.11. The van der Waals surface area contributed by atoms with Crippen molar-refractivity contribution in [3.05, 3.63) is 51.7 Å². The fraction of sp³-hybridized carbons (Fsp3) is 0.389. The minimum absolute atomic E-state index is 0.0506. The lowest BCUT2D eigenvalue weighted by Crippen LogP contribution is -2.42. The average molecular weight is 343 g/mol. The van der Waals surface area contributed by atoms with Crippen molar-refractivity contribution in [1.82, 2.24) is 9.97 Å². The molecule has 24 heavy (non-hydrogen) atoms. The summed E-state index contributed by atoms with van der Waals surface area (Å²) in [5, 5.41) is 0. The third-order valence-corrected chi connectivity index (χ3v) is 5.55. The second kappa shape index (κ2) is 6.81. The van der Waals surface area contributed by atoms with Gasteiger partial charge in [0.1, 0.15) is 5.82 Å². The monoisotopic (exact) mass is 343 g/mol. The first-order chi connectivity index (χ1) is 11.5. The standard InChI is InChI=1S/C18H21N3O2S/c1-11-10-24-16-7-5-4-6-15(16)21(11)17(22)9-8-14-12(2)19-13(3)20-18(14)23/h4-7,11H,8-10H2,1-3H3,(H,19,20,23)/t11-/m1/s1. The van der Waals surface area contributed by atoms with Crippen LogP contribution in [0.1, 0.15) is 30.4 Å². The van der Waals surface area contributed by atoms with Gasteiger partial charge in [-0.15, -0.1) is 11.8 Å². The number of aryl methyl sites for hydroxylation is 2. The number of aromatic amines is 1. The van der Waals surface area contributed by atoms with Crippen LogP contribution in [0.15, 0.2) is 34.0 Å². The lowest BCUT2D eigenvalue weighted by Gasteiger charge is -2.34. The smallest absolute Gasteiger partial charge is 0.254 e. The zero-order chi connectivity index (χ0) is 17.3. The Kier molecular flexibility index (Phi) is 4.76. The summed E-state index contributed by atoms with van der Waals surface area (Å²) in [6, 6.07) is 8.13. The van der Waals surface area contributed by atoms with E-state index in [1.807, 2.05) is 36.1 Å². The predicted octanol–water partition coefficient (Wildman–Crippen LogP) is 2.85. The number of aromatic nitrogens is 2. The first-order valence-corrected chi connectivity index (χ1v) is 9.06. The van der Waals surface area contributed by atoms with Gasteiger partial charge in [-0.25, -0.2) is 4.98 Å². The molecule has 1 aromatic carbocycles. The Morgan fingerprint density at radius 3 is 2.88 bits per heavy atom. The molecule has 1 atom stereocenters. The van der Waals surface area contributed by atoms with Gasteiger partial charge < -0.3 is 9.88 Å². The van der Waals surface area contributed by atoms with Gasteiger partial charge in [0.15, 0.2) is 0 Å². The molecule has 2 heterocycles. The Morgan fingerprint density at radius 1 is 1.38 bits per heavy atom. The van der Waals surface area contributed by atoms with Gasteiger partial charge in [0.2, 0.25) is 5.91 Å². The molecule has 0 saturated carbocycles. The Labute approximate surface area is 145 Å². The SMILES string of the molecule is Cc1nc(C)c(CCC(=O)N2c3ccccc3SC[C@H]2C)c(=O)[nH]1. The molecule has 3 rings (SSSR count). The molecule has 1 amide bonds. The number of rotatable bonds is 3. The molecule has 0 fully saturated rings. The molecule has 2 aromatic rings. The Morgan fingerprint density at radius 2 is 2.12 bits per heavy atom. The van der Waals surface area contributed by atoms with Gasteiger partial charge in [0.05, 0.1) is 5.69 Å². The van der Waals surface area contributed by atoms with Crippen LogP contribution in [-0.2, 0) is 11.2 Å². The molecule has 0 bridgehead atoms. The average Bonchev–Trinajstić information content (AvgIpc) is 2.53. The van der Waals surface area contributed by atoms with E-state index in [4.69, 9.17) is 0 Å². The number of amides is 1. The van der Waals surface area contributed by atoms with Crippen LogP contribution < -0.4 is 10.5 Å². The summed E-state index contributed by atoms with van der Waals surface area (Å²) in [6.45, 7) is 5.64. The summed E-state index contributed by atoms with van der Waals surface area (Å²) < 4.78 is 0. The maximum absolute atomic E-state index is 12.8. The second-order valence-corrected chi connectivity index (χ2v) is 7.17. The number of nitrogens with one attached hydrogen (secondary N) is 1. The number of nitrogens with zero attached hydrogens (tertiary/aromatic N) is 2. The van der Waals surface area contributed by atoms with Crippen molar-refractivity contribution in [1.29, 1.82) is 0 Å². The largest absolute Gasteiger partial charge is 0.311 e. The van der Waals surface area contributed by atoms with Crippen LogP contribution in [0.5, 0.6) is 0 Å². The number of carbonyl (C=O) groups is 1. The Hall–Kier alpha value is -2.08. The maximum atomic E-state index is 12.8. The van der Waals surface area contributed by atoms with Crippen LogP contribution in [0.2, 0.25) is 0 Å². The number of carbonyl (C=O) groups excluding carboxylic acids is 1. The number of benzene rings is 1. The lowest BCUT2D eigenvalue weighted by molar-refractivity contribution is -0.119. The fourth-order valence-corrected chi connectivity index (χ4v) is 4.14. The summed E-state index contributed by atoms with van der Waals surface area (Å²) in [7, 11) is 0. The van der Waals surface area contributed by atoms with Crippen molar-refractivity contribution in [3.8, 4) is 0 Å². The van der Waals surface area contributed by atoms with Gasteiger partial charge in [0, 0.05) is 34.4 Å². The summed E-state index contributed by atoms with van der Waals surface area (Å²) in [5.41, 5.74) is 2.13. The zero-order valence-corrected chi connectivity index (χ0v) is 14.9. The predicted molar refractivity (Wildman–Crippen MR) is 96.8 cm³/mol. The highest BCUT2D eigenvalue weighted by atomic mass is 32.2.